The molecule has 0 fully saturated rings. The number of esters is 1. The maximum atomic E-state index is 11.7. The highest BCUT2D eigenvalue weighted by Crippen LogP contribution is 2.26. The average molecular weight is 257 g/mol. The van der Waals surface area contributed by atoms with Crippen molar-refractivity contribution in [2.75, 3.05) is 6.61 Å². The Hall–Kier alpha value is -2.03. The third kappa shape index (κ3) is 2.55. The van der Waals surface area contributed by atoms with E-state index < -0.39 is 0 Å². The fourth-order valence-electron chi connectivity index (χ4n) is 2.47. The molecule has 0 unspecified atom stereocenters. The van der Waals surface area contributed by atoms with Gasteiger partial charge < -0.3 is 9.30 Å². The predicted molar refractivity (Wildman–Crippen MR) is 77.2 cm³/mol. The van der Waals surface area contributed by atoms with E-state index in [1.807, 2.05) is 32.2 Å². The summed E-state index contributed by atoms with van der Waals surface area (Å²) >= 11 is 0. The molecule has 0 atom stereocenters. The van der Waals surface area contributed by atoms with Crippen LogP contribution in [0.1, 0.15) is 18.2 Å². The molecule has 1 aromatic carbocycles. The molecule has 100 valence electrons. The number of aromatic nitrogens is 1. The number of nitrogens with zero attached hydrogens (tertiary/aromatic N) is 1. The summed E-state index contributed by atoms with van der Waals surface area (Å²) in [7, 11) is 1.99. The molecule has 2 rings (SSSR count). The number of hydrogen-bond donors (Lipinski definition) is 0. The van der Waals surface area contributed by atoms with Crippen molar-refractivity contribution >= 4 is 16.9 Å². The number of rotatable bonds is 5. The van der Waals surface area contributed by atoms with Gasteiger partial charge in [-0.2, -0.15) is 0 Å². The topological polar surface area (TPSA) is 31.2 Å². The van der Waals surface area contributed by atoms with E-state index in [4.69, 9.17) is 4.74 Å². The molecule has 0 amide bonds. The molecule has 0 N–H and O–H groups in total. The highest BCUT2D eigenvalue weighted by atomic mass is 16.5. The number of ether oxygens (including phenoxy) is 1. The van der Waals surface area contributed by atoms with E-state index in [1.165, 1.54) is 10.9 Å². The fourth-order valence-corrected chi connectivity index (χ4v) is 2.47. The molecule has 1 heterocycles. The van der Waals surface area contributed by atoms with Crippen LogP contribution in [0.5, 0.6) is 0 Å². The Morgan fingerprint density at radius 3 is 2.84 bits per heavy atom. The Morgan fingerprint density at radius 1 is 1.42 bits per heavy atom. The number of para-hydroxylation sites is 1. The molecule has 19 heavy (non-hydrogen) atoms. The van der Waals surface area contributed by atoms with Crippen LogP contribution in [-0.2, 0) is 29.4 Å². The second kappa shape index (κ2) is 5.74. The number of fused-ring (bicyclic) bond motifs is 1. The molecule has 0 spiro atoms. The van der Waals surface area contributed by atoms with Crippen LogP contribution in [0.4, 0.5) is 0 Å². The molecule has 0 saturated heterocycles. The fraction of sp³-hybridized carbons (Fsp3) is 0.312. The van der Waals surface area contributed by atoms with E-state index >= 15 is 0 Å². The normalized spacial score (nSPS) is 10.6. The maximum absolute atomic E-state index is 11.7. The number of hydrogen-bond acceptors (Lipinski definition) is 2. The number of aryl methyl sites for hydroxylation is 1. The SMILES string of the molecule is C=CCc1c(CC(=O)OCC)n(C)c2ccccc12. The van der Waals surface area contributed by atoms with Crippen LogP contribution in [0.2, 0.25) is 0 Å². The van der Waals surface area contributed by atoms with Crippen LogP contribution in [0, 0.1) is 0 Å². The van der Waals surface area contributed by atoms with Crippen LogP contribution in [-0.4, -0.2) is 17.1 Å². The van der Waals surface area contributed by atoms with Gasteiger partial charge in [0.15, 0.2) is 0 Å². The lowest BCUT2D eigenvalue weighted by atomic mass is 10.1. The monoisotopic (exact) mass is 257 g/mol. The summed E-state index contributed by atoms with van der Waals surface area (Å²) in [4.78, 5) is 11.7. The minimum atomic E-state index is -0.182. The summed E-state index contributed by atoms with van der Waals surface area (Å²) in [5.74, 6) is -0.182. The van der Waals surface area contributed by atoms with Gasteiger partial charge in [-0.1, -0.05) is 24.3 Å². The van der Waals surface area contributed by atoms with Crippen LogP contribution >= 0.6 is 0 Å². The van der Waals surface area contributed by atoms with Crippen molar-refractivity contribution in [2.45, 2.75) is 19.8 Å². The van der Waals surface area contributed by atoms with Crippen molar-refractivity contribution in [3.63, 3.8) is 0 Å². The first kappa shape index (κ1) is 13.4. The van der Waals surface area contributed by atoms with E-state index in [0.29, 0.717) is 13.0 Å². The molecular formula is C16H19NO2. The van der Waals surface area contributed by atoms with Crippen LogP contribution in [0.15, 0.2) is 36.9 Å². The van der Waals surface area contributed by atoms with Crippen molar-refractivity contribution in [3.8, 4) is 0 Å². The number of allylic oxidation sites excluding steroid dienone is 1. The molecule has 3 heteroatoms. The summed E-state index contributed by atoms with van der Waals surface area (Å²) in [6, 6.07) is 8.18. The summed E-state index contributed by atoms with van der Waals surface area (Å²) < 4.78 is 7.13. The minimum Gasteiger partial charge on any atom is -0.466 e. The van der Waals surface area contributed by atoms with Gasteiger partial charge in [-0.05, 0) is 25.0 Å². The summed E-state index contributed by atoms with van der Waals surface area (Å²) in [6.45, 7) is 6.04. The van der Waals surface area contributed by atoms with Gasteiger partial charge >= 0.3 is 5.97 Å². The molecule has 0 aliphatic heterocycles. The summed E-state index contributed by atoms with van der Waals surface area (Å²) in [5.41, 5.74) is 3.32. The number of carbonyl (C=O) groups is 1. The Labute approximate surface area is 113 Å². The predicted octanol–water partition coefficient (Wildman–Crippen LogP) is 3.01. The Morgan fingerprint density at radius 2 is 2.16 bits per heavy atom. The lowest BCUT2D eigenvalue weighted by Gasteiger charge is -2.06. The first-order chi connectivity index (χ1) is 9.19. The Balaban J connectivity index is 2.51. The second-order valence-electron chi connectivity index (χ2n) is 4.48. The molecule has 0 saturated carbocycles. The largest absolute Gasteiger partial charge is 0.466 e. The van der Waals surface area contributed by atoms with Gasteiger partial charge in [0.25, 0.3) is 0 Å². The van der Waals surface area contributed by atoms with Crippen LogP contribution < -0.4 is 0 Å². The molecular weight excluding hydrogens is 238 g/mol. The van der Waals surface area contributed by atoms with Crippen molar-refractivity contribution in [2.24, 2.45) is 7.05 Å². The molecule has 0 aliphatic carbocycles. The number of carbonyl (C=O) groups excluding carboxylic acids is 1. The van der Waals surface area contributed by atoms with Crippen molar-refractivity contribution < 1.29 is 9.53 Å². The molecule has 2 aromatic rings. The molecule has 0 aliphatic rings. The van der Waals surface area contributed by atoms with Crippen molar-refractivity contribution in [3.05, 3.63) is 48.2 Å². The molecule has 0 radical (unpaired) electrons. The molecule has 1 aromatic heterocycles. The minimum absolute atomic E-state index is 0.182. The van der Waals surface area contributed by atoms with E-state index in [2.05, 4.69) is 23.3 Å². The van der Waals surface area contributed by atoms with Crippen molar-refractivity contribution in [1.82, 2.24) is 4.57 Å². The van der Waals surface area contributed by atoms with Gasteiger partial charge in [-0.25, -0.2) is 0 Å². The quantitative estimate of drug-likeness (QED) is 0.609. The zero-order valence-corrected chi connectivity index (χ0v) is 11.5. The van der Waals surface area contributed by atoms with E-state index in [1.54, 1.807) is 0 Å². The Bertz CT molecular complexity index is 610. The van der Waals surface area contributed by atoms with Crippen molar-refractivity contribution in [1.29, 1.82) is 0 Å². The first-order valence-corrected chi connectivity index (χ1v) is 6.50. The number of benzene rings is 1. The highest BCUT2D eigenvalue weighted by molar-refractivity contribution is 5.87. The van der Waals surface area contributed by atoms with Crippen LogP contribution in [0.25, 0.3) is 10.9 Å². The lowest BCUT2D eigenvalue weighted by molar-refractivity contribution is -0.142. The van der Waals surface area contributed by atoms with Gasteiger partial charge in [0.1, 0.15) is 0 Å². The maximum Gasteiger partial charge on any atom is 0.311 e. The van der Waals surface area contributed by atoms with Crippen LogP contribution in [0.3, 0.4) is 0 Å². The third-order valence-corrected chi connectivity index (χ3v) is 3.31. The van der Waals surface area contributed by atoms with Gasteiger partial charge in [0.05, 0.1) is 13.0 Å². The van der Waals surface area contributed by atoms with E-state index in [-0.39, 0.29) is 5.97 Å². The molecule has 3 nitrogen and oxygen atoms in total. The van der Waals surface area contributed by atoms with E-state index in [0.717, 1.165) is 17.6 Å². The lowest BCUT2D eigenvalue weighted by Crippen LogP contribution is -2.11. The second-order valence-corrected chi connectivity index (χ2v) is 4.48. The summed E-state index contributed by atoms with van der Waals surface area (Å²) in [6.07, 6.45) is 2.94. The van der Waals surface area contributed by atoms with E-state index in [9.17, 15) is 4.79 Å². The first-order valence-electron chi connectivity index (χ1n) is 6.50. The average Bonchev–Trinajstić information content (AvgIpc) is 2.66. The summed E-state index contributed by atoms with van der Waals surface area (Å²) in [5, 5.41) is 1.18. The van der Waals surface area contributed by atoms with Gasteiger partial charge in [-0.3, -0.25) is 4.79 Å². The zero-order valence-electron chi connectivity index (χ0n) is 11.5. The Kier molecular flexibility index (Phi) is 4.05. The third-order valence-electron chi connectivity index (χ3n) is 3.31. The van der Waals surface area contributed by atoms with Gasteiger partial charge in [-0.15, -0.1) is 6.58 Å². The van der Waals surface area contributed by atoms with Gasteiger partial charge in [0, 0.05) is 23.6 Å². The highest BCUT2D eigenvalue weighted by Gasteiger charge is 2.16. The van der Waals surface area contributed by atoms with Gasteiger partial charge in [0.2, 0.25) is 0 Å². The smallest absolute Gasteiger partial charge is 0.311 e. The zero-order chi connectivity index (χ0) is 13.8. The standard InChI is InChI=1S/C16H19NO2/c1-4-8-12-13-9-6-7-10-14(13)17(3)15(12)11-16(18)19-5-2/h4,6-7,9-10H,1,5,8,11H2,2-3H3. The molecule has 0 bridgehead atoms.